The third-order valence-electron chi connectivity index (χ3n) is 7.60. The van der Waals surface area contributed by atoms with E-state index in [1.807, 2.05) is 77.7 Å². The van der Waals surface area contributed by atoms with Crippen LogP contribution in [0.2, 0.25) is 0 Å². The number of aromatic amines is 1. The number of hydrogen-bond donors (Lipinski definition) is 2. The normalized spacial score (nSPS) is 13.2. The Hall–Kier alpha value is -4.76. The second-order valence-corrected chi connectivity index (χ2v) is 11.4. The summed E-state index contributed by atoms with van der Waals surface area (Å²) in [5.74, 6) is 0.923. The number of ether oxygens (including phenoxy) is 1. The number of carbonyl (C=O) groups is 2. The van der Waals surface area contributed by atoms with E-state index in [-0.39, 0.29) is 17.6 Å². The van der Waals surface area contributed by atoms with E-state index in [0.29, 0.717) is 24.4 Å². The Bertz CT molecular complexity index is 1710. The zero-order chi connectivity index (χ0) is 29.6. The molecule has 1 saturated heterocycles. The van der Waals surface area contributed by atoms with Crippen LogP contribution in [-0.4, -0.2) is 60.7 Å². The SMILES string of the molecule is COc1cccc(C(=O)N2CCN(c3ccc(NC(=O)CSc4[nH]c5ccccc5[n+]4Cc4ccccc4)cc3)CC2)c1. The van der Waals surface area contributed by atoms with Gasteiger partial charge in [0.25, 0.3) is 5.91 Å². The molecule has 6 rings (SSSR count). The van der Waals surface area contributed by atoms with Crippen molar-refractivity contribution in [2.45, 2.75) is 11.7 Å². The number of hydrogen-bond acceptors (Lipinski definition) is 5. The number of rotatable bonds is 9. The zero-order valence-electron chi connectivity index (χ0n) is 24.0. The molecule has 2 heterocycles. The highest BCUT2D eigenvalue weighted by atomic mass is 32.2. The summed E-state index contributed by atoms with van der Waals surface area (Å²) in [7, 11) is 1.60. The number of thioether (sulfide) groups is 1. The van der Waals surface area contributed by atoms with Gasteiger partial charge >= 0.3 is 5.16 Å². The lowest BCUT2D eigenvalue weighted by molar-refractivity contribution is -0.700. The number of carbonyl (C=O) groups excluding carboxylic acids is 2. The van der Waals surface area contributed by atoms with Gasteiger partial charge in [0, 0.05) is 43.1 Å². The predicted molar refractivity (Wildman–Crippen MR) is 171 cm³/mol. The minimum atomic E-state index is -0.0627. The molecule has 0 bridgehead atoms. The molecule has 4 aromatic carbocycles. The Morgan fingerprint density at radius 1 is 0.884 bits per heavy atom. The highest BCUT2D eigenvalue weighted by molar-refractivity contribution is 7.99. The van der Waals surface area contributed by atoms with Gasteiger partial charge in [0.05, 0.1) is 12.9 Å². The van der Waals surface area contributed by atoms with Crippen LogP contribution in [0.5, 0.6) is 5.75 Å². The number of fused-ring (bicyclic) bond motifs is 1. The van der Waals surface area contributed by atoms with E-state index in [0.717, 1.165) is 47.2 Å². The maximum Gasteiger partial charge on any atom is 0.317 e. The second kappa shape index (κ2) is 13.0. The second-order valence-electron chi connectivity index (χ2n) is 10.4. The zero-order valence-corrected chi connectivity index (χ0v) is 24.8. The molecular formula is C34H34N5O3S+. The molecule has 2 amide bonds. The van der Waals surface area contributed by atoms with Crippen LogP contribution < -0.4 is 19.5 Å². The van der Waals surface area contributed by atoms with Crippen molar-refractivity contribution in [3.8, 4) is 5.75 Å². The number of nitrogens with zero attached hydrogens (tertiary/aromatic N) is 3. The molecule has 1 fully saturated rings. The molecule has 1 aromatic heterocycles. The molecule has 8 nitrogen and oxygen atoms in total. The van der Waals surface area contributed by atoms with Crippen LogP contribution in [0.15, 0.2) is 108 Å². The van der Waals surface area contributed by atoms with Crippen molar-refractivity contribution in [2.24, 2.45) is 0 Å². The number of anilines is 2. The van der Waals surface area contributed by atoms with E-state index in [9.17, 15) is 9.59 Å². The lowest BCUT2D eigenvalue weighted by Gasteiger charge is -2.36. The number of H-pyrrole nitrogens is 1. The number of benzene rings is 4. The minimum absolute atomic E-state index is 0.0208. The van der Waals surface area contributed by atoms with Crippen molar-refractivity contribution < 1.29 is 18.9 Å². The van der Waals surface area contributed by atoms with Crippen molar-refractivity contribution in [1.82, 2.24) is 9.88 Å². The third kappa shape index (κ3) is 6.67. The maximum absolute atomic E-state index is 13.0. The summed E-state index contributed by atoms with van der Waals surface area (Å²) in [4.78, 5) is 33.5. The molecule has 218 valence electrons. The Morgan fingerprint density at radius 2 is 1.63 bits per heavy atom. The van der Waals surface area contributed by atoms with Gasteiger partial charge < -0.3 is 19.9 Å². The van der Waals surface area contributed by atoms with Crippen LogP contribution in [0, 0.1) is 0 Å². The molecule has 43 heavy (non-hydrogen) atoms. The number of nitrogens with one attached hydrogen (secondary N) is 2. The molecule has 9 heteroatoms. The topological polar surface area (TPSA) is 81.5 Å². The summed E-state index contributed by atoms with van der Waals surface area (Å²) in [5, 5.41) is 3.97. The van der Waals surface area contributed by atoms with E-state index < -0.39 is 0 Å². The maximum atomic E-state index is 13.0. The quantitative estimate of drug-likeness (QED) is 0.182. The molecule has 0 saturated carbocycles. The van der Waals surface area contributed by atoms with Gasteiger partial charge in [-0.05, 0) is 71.9 Å². The van der Waals surface area contributed by atoms with E-state index in [1.165, 1.54) is 17.3 Å². The van der Waals surface area contributed by atoms with Crippen LogP contribution in [-0.2, 0) is 11.3 Å². The Kier molecular flexibility index (Phi) is 8.60. The fourth-order valence-corrected chi connectivity index (χ4v) is 6.18. The van der Waals surface area contributed by atoms with Crippen molar-refractivity contribution in [2.75, 3.05) is 49.3 Å². The van der Waals surface area contributed by atoms with Crippen LogP contribution in [0.1, 0.15) is 15.9 Å². The predicted octanol–water partition coefficient (Wildman–Crippen LogP) is 5.21. The first-order valence-corrected chi connectivity index (χ1v) is 15.3. The highest BCUT2D eigenvalue weighted by Crippen LogP contribution is 2.23. The molecule has 0 unspecified atom stereocenters. The number of amides is 2. The first-order valence-electron chi connectivity index (χ1n) is 14.3. The van der Waals surface area contributed by atoms with E-state index in [2.05, 4.69) is 44.0 Å². The molecule has 0 atom stereocenters. The lowest BCUT2D eigenvalue weighted by atomic mass is 10.1. The van der Waals surface area contributed by atoms with Gasteiger partial charge in [0.15, 0.2) is 11.0 Å². The minimum Gasteiger partial charge on any atom is -0.497 e. The molecule has 1 aliphatic heterocycles. The van der Waals surface area contributed by atoms with Gasteiger partial charge in [-0.1, -0.05) is 48.5 Å². The number of methoxy groups -OCH3 is 1. The van der Waals surface area contributed by atoms with Gasteiger partial charge in [-0.25, -0.2) is 9.55 Å². The molecule has 1 aliphatic rings. The fraction of sp³-hybridized carbons (Fsp3) is 0.206. The fourth-order valence-electron chi connectivity index (χ4n) is 5.34. The monoisotopic (exact) mass is 592 g/mol. The van der Waals surface area contributed by atoms with Crippen LogP contribution in [0.4, 0.5) is 11.4 Å². The number of imidazole rings is 1. The van der Waals surface area contributed by atoms with Crippen molar-refractivity contribution in [3.63, 3.8) is 0 Å². The summed E-state index contributed by atoms with van der Waals surface area (Å²) < 4.78 is 7.49. The molecule has 5 aromatic rings. The lowest BCUT2D eigenvalue weighted by Crippen LogP contribution is -2.48. The molecule has 0 aliphatic carbocycles. The largest absolute Gasteiger partial charge is 0.497 e. The van der Waals surface area contributed by atoms with Gasteiger partial charge in [0.1, 0.15) is 12.3 Å². The average Bonchev–Trinajstić information content (AvgIpc) is 3.41. The van der Waals surface area contributed by atoms with Gasteiger partial charge in [0.2, 0.25) is 5.91 Å². The van der Waals surface area contributed by atoms with E-state index in [4.69, 9.17) is 4.74 Å². The highest BCUT2D eigenvalue weighted by Gasteiger charge is 2.23. The molecule has 2 N–H and O–H groups in total. The summed E-state index contributed by atoms with van der Waals surface area (Å²) >= 11 is 1.50. The van der Waals surface area contributed by atoms with Crippen LogP contribution in [0.25, 0.3) is 11.0 Å². The average molecular weight is 593 g/mol. The van der Waals surface area contributed by atoms with Crippen molar-refractivity contribution in [3.05, 3.63) is 114 Å². The number of para-hydroxylation sites is 2. The third-order valence-corrected chi connectivity index (χ3v) is 8.61. The first kappa shape index (κ1) is 28.4. The summed E-state index contributed by atoms with van der Waals surface area (Å²) in [5.41, 5.74) is 5.82. The smallest absolute Gasteiger partial charge is 0.317 e. The van der Waals surface area contributed by atoms with Crippen LogP contribution >= 0.6 is 11.8 Å². The molecule has 0 spiro atoms. The van der Waals surface area contributed by atoms with E-state index in [1.54, 1.807) is 13.2 Å². The Morgan fingerprint density at radius 3 is 2.40 bits per heavy atom. The Balaban J connectivity index is 1.03. The summed E-state index contributed by atoms with van der Waals surface area (Å²) in [6.07, 6.45) is 0. The van der Waals surface area contributed by atoms with Crippen LogP contribution in [0.3, 0.4) is 0 Å². The summed E-state index contributed by atoms with van der Waals surface area (Å²) in [6.45, 7) is 3.49. The summed E-state index contributed by atoms with van der Waals surface area (Å²) in [6, 6.07) is 33.7. The standard InChI is InChI=1S/C34H33N5O3S/c1-42-29-11-7-10-26(22-29)33(41)38-20-18-37(19-21-38)28-16-14-27(15-17-28)35-32(40)24-43-34-36-30-12-5-6-13-31(30)39(34)23-25-8-3-2-4-9-25/h2-17,22H,18-21,23-24H2,1H3,(H,35,40)/p+1. The van der Waals surface area contributed by atoms with Crippen molar-refractivity contribution in [1.29, 1.82) is 0 Å². The van der Waals surface area contributed by atoms with E-state index >= 15 is 0 Å². The molecular weight excluding hydrogens is 558 g/mol. The first-order chi connectivity index (χ1) is 21.1. The van der Waals surface area contributed by atoms with Gasteiger partial charge in [-0.2, -0.15) is 0 Å². The number of piperazine rings is 1. The van der Waals surface area contributed by atoms with Gasteiger partial charge in [-0.15, -0.1) is 0 Å². The Labute approximate surface area is 255 Å². The van der Waals surface area contributed by atoms with Gasteiger partial charge in [-0.3, -0.25) is 9.59 Å². The molecule has 0 radical (unpaired) electrons. The number of aromatic nitrogens is 2. The van der Waals surface area contributed by atoms with Crippen molar-refractivity contribution >= 4 is 46.0 Å².